The molecule has 1 saturated heterocycles. The maximum atomic E-state index is 13.5. The van der Waals surface area contributed by atoms with Crippen LogP contribution in [0.5, 0.6) is 11.5 Å². The predicted molar refractivity (Wildman–Crippen MR) is 125 cm³/mol. The number of hydrogen-bond donors (Lipinski definition) is 1. The van der Waals surface area contributed by atoms with Crippen molar-refractivity contribution in [2.45, 2.75) is 25.2 Å². The van der Waals surface area contributed by atoms with Crippen LogP contribution in [0.2, 0.25) is 0 Å². The summed E-state index contributed by atoms with van der Waals surface area (Å²) in [4.78, 5) is 45.5. The van der Waals surface area contributed by atoms with E-state index in [2.05, 4.69) is 15.0 Å². The lowest BCUT2D eigenvalue weighted by Gasteiger charge is -2.22. The lowest BCUT2D eigenvalue weighted by atomic mass is 10.1. The fraction of sp³-hybridized carbons (Fsp3) is 0.200. The fourth-order valence-electron chi connectivity index (χ4n) is 4.38. The number of nitrogens with one attached hydrogen (secondary N) is 1. The minimum atomic E-state index is -4.87. The molecule has 1 aliphatic heterocycles. The molecule has 1 aliphatic carbocycles. The Labute approximate surface area is 208 Å². The van der Waals surface area contributed by atoms with Crippen molar-refractivity contribution >= 4 is 35.2 Å². The molecule has 4 amide bonds. The Morgan fingerprint density at radius 3 is 2.32 bits per heavy atom. The molecule has 2 fully saturated rings. The summed E-state index contributed by atoms with van der Waals surface area (Å²) in [5.74, 6) is -0.730. The first kappa shape index (κ1) is 24.1. The number of benzene rings is 2. The number of anilines is 3. The van der Waals surface area contributed by atoms with Crippen molar-refractivity contribution < 1.29 is 37.0 Å². The molecule has 2 aliphatic rings. The topological polar surface area (TPSA) is 101 Å². The molecule has 0 radical (unpaired) electrons. The highest BCUT2D eigenvalue weighted by Gasteiger charge is 2.70. The minimum Gasteiger partial charge on any atom is -0.410 e. The van der Waals surface area contributed by atoms with Gasteiger partial charge in [-0.1, -0.05) is 25.1 Å². The number of imide groups is 1. The number of carbonyl (C=O) groups is 3. The highest BCUT2D eigenvalue weighted by molar-refractivity contribution is 6.32. The van der Waals surface area contributed by atoms with Crippen LogP contribution >= 0.6 is 0 Å². The Hall–Kier alpha value is -4.61. The van der Waals surface area contributed by atoms with Gasteiger partial charge < -0.3 is 9.47 Å². The highest BCUT2D eigenvalue weighted by Crippen LogP contribution is 2.55. The van der Waals surface area contributed by atoms with Crippen molar-refractivity contribution in [3.63, 3.8) is 0 Å². The van der Waals surface area contributed by atoms with Crippen molar-refractivity contribution in [1.29, 1.82) is 0 Å². The molecular formula is C25H19F3N4O5. The molecular weight excluding hydrogens is 493 g/mol. The first-order valence-electron chi connectivity index (χ1n) is 11.1. The summed E-state index contributed by atoms with van der Waals surface area (Å²) >= 11 is 0. The van der Waals surface area contributed by atoms with Crippen LogP contribution in [0.25, 0.3) is 0 Å². The van der Waals surface area contributed by atoms with Gasteiger partial charge in [-0.15, -0.1) is 13.2 Å². The Morgan fingerprint density at radius 1 is 1.03 bits per heavy atom. The fourth-order valence-corrected chi connectivity index (χ4v) is 4.38. The highest BCUT2D eigenvalue weighted by atomic mass is 19.4. The Kier molecular flexibility index (Phi) is 5.73. The van der Waals surface area contributed by atoms with Crippen LogP contribution in [0.3, 0.4) is 0 Å². The monoisotopic (exact) mass is 512 g/mol. The zero-order valence-corrected chi connectivity index (χ0v) is 19.2. The van der Waals surface area contributed by atoms with E-state index < -0.39 is 35.7 Å². The SMILES string of the molecule is CC1CC12C(=O)N(c1ccc(OC(F)(F)F)cc1)C(=O)N2c1ccnc(NC(=O)Oc2ccccc2)c1. The van der Waals surface area contributed by atoms with E-state index in [-0.39, 0.29) is 17.4 Å². The molecule has 2 atom stereocenters. The summed E-state index contributed by atoms with van der Waals surface area (Å²) in [6.45, 7) is 1.82. The lowest BCUT2D eigenvalue weighted by molar-refractivity contribution is -0.274. The number of amides is 4. The molecule has 37 heavy (non-hydrogen) atoms. The molecule has 0 bridgehead atoms. The van der Waals surface area contributed by atoms with E-state index in [1.807, 2.05) is 6.92 Å². The van der Waals surface area contributed by atoms with Crippen LogP contribution in [0.4, 0.5) is 40.0 Å². The molecule has 5 rings (SSSR count). The Balaban J connectivity index is 1.39. The van der Waals surface area contributed by atoms with Gasteiger partial charge in [-0.05, 0) is 54.8 Å². The molecule has 2 heterocycles. The zero-order chi connectivity index (χ0) is 26.4. The van der Waals surface area contributed by atoms with Gasteiger partial charge in [-0.3, -0.25) is 15.0 Å². The molecule has 1 saturated carbocycles. The number of urea groups is 1. The number of halogens is 3. The minimum absolute atomic E-state index is 0.0919. The number of para-hydroxylation sites is 1. The van der Waals surface area contributed by atoms with E-state index in [0.29, 0.717) is 17.9 Å². The van der Waals surface area contributed by atoms with Crippen LogP contribution in [-0.2, 0) is 4.79 Å². The van der Waals surface area contributed by atoms with E-state index >= 15 is 0 Å². The maximum absolute atomic E-state index is 13.5. The van der Waals surface area contributed by atoms with Crippen molar-refractivity contribution in [1.82, 2.24) is 4.98 Å². The summed E-state index contributed by atoms with van der Waals surface area (Å²) in [6, 6.07) is 15.1. The van der Waals surface area contributed by atoms with E-state index in [9.17, 15) is 27.6 Å². The smallest absolute Gasteiger partial charge is 0.410 e. The predicted octanol–water partition coefficient (Wildman–Crippen LogP) is 5.34. The maximum Gasteiger partial charge on any atom is 0.573 e. The molecule has 2 unspecified atom stereocenters. The average Bonchev–Trinajstić information content (AvgIpc) is 3.45. The van der Waals surface area contributed by atoms with Gasteiger partial charge in [0, 0.05) is 12.3 Å². The van der Waals surface area contributed by atoms with Crippen LogP contribution in [0.1, 0.15) is 13.3 Å². The average molecular weight is 512 g/mol. The normalized spacial score (nSPS) is 20.8. The van der Waals surface area contributed by atoms with Gasteiger partial charge in [0.05, 0.1) is 11.4 Å². The van der Waals surface area contributed by atoms with Gasteiger partial charge in [0.2, 0.25) is 0 Å². The van der Waals surface area contributed by atoms with Crippen molar-refractivity contribution in [2.75, 3.05) is 15.1 Å². The second kappa shape index (κ2) is 8.80. The van der Waals surface area contributed by atoms with E-state index in [0.717, 1.165) is 17.0 Å². The summed E-state index contributed by atoms with van der Waals surface area (Å²) in [6.07, 6.45) is -3.90. The Bertz CT molecular complexity index is 1370. The van der Waals surface area contributed by atoms with E-state index in [4.69, 9.17) is 4.74 Å². The van der Waals surface area contributed by atoms with E-state index in [1.54, 1.807) is 30.3 Å². The number of carbonyl (C=O) groups excluding carboxylic acids is 3. The van der Waals surface area contributed by atoms with Gasteiger partial charge in [-0.25, -0.2) is 19.5 Å². The number of pyridine rings is 1. The van der Waals surface area contributed by atoms with Crippen LogP contribution < -0.4 is 24.6 Å². The van der Waals surface area contributed by atoms with Crippen molar-refractivity contribution in [3.05, 3.63) is 72.9 Å². The number of alkyl halides is 3. The second-order valence-corrected chi connectivity index (χ2v) is 8.56. The quantitative estimate of drug-likeness (QED) is 0.463. The third-order valence-electron chi connectivity index (χ3n) is 6.14. The number of ether oxygens (including phenoxy) is 2. The van der Waals surface area contributed by atoms with Gasteiger partial charge in [0.15, 0.2) is 0 Å². The van der Waals surface area contributed by atoms with Gasteiger partial charge in [-0.2, -0.15) is 0 Å². The zero-order valence-electron chi connectivity index (χ0n) is 19.2. The molecule has 190 valence electrons. The third kappa shape index (κ3) is 4.53. The molecule has 1 N–H and O–H groups in total. The lowest BCUT2D eigenvalue weighted by Crippen LogP contribution is -2.39. The van der Waals surface area contributed by atoms with Crippen molar-refractivity contribution in [2.24, 2.45) is 5.92 Å². The van der Waals surface area contributed by atoms with Crippen molar-refractivity contribution in [3.8, 4) is 11.5 Å². The summed E-state index contributed by atoms with van der Waals surface area (Å²) in [5, 5.41) is 2.49. The number of nitrogens with zero attached hydrogens (tertiary/aromatic N) is 3. The first-order valence-corrected chi connectivity index (χ1v) is 11.1. The summed E-state index contributed by atoms with van der Waals surface area (Å²) < 4.78 is 46.5. The van der Waals surface area contributed by atoms with Crippen LogP contribution in [0.15, 0.2) is 72.9 Å². The standard InChI is InChI=1S/C25H19F3N4O5/c1-15-14-24(15)21(33)31(16-7-9-19(10-8-16)37-25(26,27)28)23(35)32(24)17-11-12-29-20(13-17)30-22(34)36-18-5-3-2-4-6-18/h2-13,15H,14H2,1H3,(H,29,30,34). The van der Waals surface area contributed by atoms with Crippen LogP contribution in [-0.4, -0.2) is 34.9 Å². The second-order valence-electron chi connectivity index (χ2n) is 8.56. The summed E-state index contributed by atoms with van der Waals surface area (Å²) in [7, 11) is 0. The molecule has 1 aromatic heterocycles. The molecule has 2 aromatic carbocycles. The van der Waals surface area contributed by atoms with Gasteiger partial charge in [0.25, 0.3) is 5.91 Å². The molecule has 12 heteroatoms. The number of rotatable bonds is 5. The number of aromatic nitrogens is 1. The van der Waals surface area contributed by atoms with Crippen LogP contribution in [0, 0.1) is 5.92 Å². The van der Waals surface area contributed by atoms with Gasteiger partial charge >= 0.3 is 18.5 Å². The summed E-state index contributed by atoms with van der Waals surface area (Å²) in [5.41, 5.74) is -0.738. The van der Waals surface area contributed by atoms with Gasteiger partial charge in [0.1, 0.15) is 22.9 Å². The molecule has 3 aromatic rings. The number of hydrogen-bond acceptors (Lipinski definition) is 6. The third-order valence-corrected chi connectivity index (χ3v) is 6.14. The largest absolute Gasteiger partial charge is 0.573 e. The molecule has 9 nitrogen and oxygen atoms in total. The molecule has 1 spiro atoms. The van der Waals surface area contributed by atoms with E-state index in [1.165, 1.54) is 35.4 Å². The Morgan fingerprint density at radius 2 is 1.70 bits per heavy atom. The first-order chi connectivity index (χ1) is 17.6.